The highest BCUT2D eigenvalue weighted by atomic mass is 16.5. The molecule has 27 heavy (non-hydrogen) atoms. The largest absolute Gasteiger partial charge is 0.450 e. The van der Waals surface area contributed by atoms with E-state index < -0.39 is 0 Å². The molecule has 0 spiro atoms. The Morgan fingerprint density at radius 2 is 2.11 bits per heavy atom. The number of allylic oxidation sites excluding steroid dienone is 4. The summed E-state index contributed by atoms with van der Waals surface area (Å²) in [4.78, 5) is 24.5. The molecule has 0 heterocycles. The van der Waals surface area contributed by atoms with E-state index in [4.69, 9.17) is 10.00 Å². The average Bonchev–Trinajstić information content (AvgIpc) is 3.07. The molecule has 0 aromatic heterocycles. The smallest absolute Gasteiger partial charge is 0.310 e. The lowest BCUT2D eigenvalue weighted by Gasteiger charge is -2.57. The van der Waals surface area contributed by atoms with Gasteiger partial charge in [0, 0.05) is 5.41 Å². The summed E-state index contributed by atoms with van der Waals surface area (Å²) < 4.78 is 5.25. The number of hydrogen-bond donors (Lipinski definition) is 0. The highest BCUT2D eigenvalue weighted by Crippen LogP contribution is 2.67. The third kappa shape index (κ3) is 2.62. The van der Waals surface area contributed by atoms with Gasteiger partial charge in [-0.3, -0.25) is 9.59 Å². The van der Waals surface area contributed by atoms with Crippen molar-refractivity contribution in [3.05, 3.63) is 23.8 Å². The van der Waals surface area contributed by atoms with Crippen molar-refractivity contribution in [2.45, 2.75) is 58.8 Å². The summed E-state index contributed by atoms with van der Waals surface area (Å²) in [5.74, 6) is 1.61. The number of rotatable bonds is 3. The summed E-state index contributed by atoms with van der Waals surface area (Å²) >= 11 is 0. The minimum atomic E-state index is -0.162. The second kappa shape index (κ2) is 6.62. The zero-order valence-corrected chi connectivity index (χ0v) is 16.4. The first-order valence-electron chi connectivity index (χ1n) is 10.4. The van der Waals surface area contributed by atoms with Crippen LogP contribution in [0.25, 0.3) is 0 Å². The predicted molar refractivity (Wildman–Crippen MR) is 101 cm³/mol. The summed E-state index contributed by atoms with van der Waals surface area (Å²) in [6.07, 6.45) is 13.0. The number of fused-ring (bicyclic) bond motifs is 5. The highest BCUT2D eigenvalue weighted by molar-refractivity contribution is 6.01. The summed E-state index contributed by atoms with van der Waals surface area (Å²) in [7, 11) is 0. The predicted octanol–water partition coefficient (Wildman–Crippen LogP) is 4.37. The summed E-state index contributed by atoms with van der Waals surface area (Å²) in [5.41, 5.74) is 1.33. The fourth-order valence-electron chi connectivity index (χ4n) is 7.25. The molecule has 6 atom stereocenters. The van der Waals surface area contributed by atoms with Crippen LogP contribution in [0.15, 0.2) is 23.8 Å². The van der Waals surface area contributed by atoms with Crippen LogP contribution in [0, 0.1) is 45.8 Å². The van der Waals surface area contributed by atoms with Crippen molar-refractivity contribution in [2.75, 3.05) is 6.61 Å². The Morgan fingerprint density at radius 1 is 1.30 bits per heavy atom. The van der Waals surface area contributed by atoms with E-state index in [-0.39, 0.29) is 35.1 Å². The summed E-state index contributed by atoms with van der Waals surface area (Å²) in [6, 6.07) is 1.93. The van der Waals surface area contributed by atoms with Gasteiger partial charge in [0.1, 0.15) is 6.07 Å². The maximum Gasteiger partial charge on any atom is 0.310 e. The van der Waals surface area contributed by atoms with Crippen LogP contribution in [-0.4, -0.2) is 18.4 Å². The van der Waals surface area contributed by atoms with Crippen molar-refractivity contribution < 1.29 is 14.3 Å². The van der Waals surface area contributed by atoms with E-state index in [1.165, 1.54) is 5.57 Å². The molecule has 144 valence electrons. The molecule has 0 N–H and O–H groups in total. The van der Waals surface area contributed by atoms with E-state index in [1.54, 1.807) is 6.08 Å². The van der Waals surface area contributed by atoms with E-state index in [0.717, 1.165) is 44.9 Å². The van der Waals surface area contributed by atoms with Gasteiger partial charge in [0.25, 0.3) is 0 Å². The number of carbonyl (C=O) groups is 2. The lowest BCUT2D eigenvalue weighted by molar-refractivity contribution is -0.155. The van der Waals surface area contributed by atoms with Crippen LogP contribution in [0.4, 0.5) is 0 Å². The van der Waals surface area contributed by atoms with Gasteiger partial charge in [0.05, 0.1) is 5.92 Å². The standard InChI is InChI=1S/C23H29NO3/c1-3-23-11-9-18-17(5-4-15-14-16(25)8-10-22(15,18)2)19(23)6-7-20(23)21(26)27-13-12-24/h8,10,14,17-20H,3-7,9,11,13H2,1-2H3/t17-,18+,19+,20-,22+,23+/m1/s1. The summed E-state index contributed by atoms with van der Waals surface area (Å²) in [6.45, 7) is 4.39. The van der Waals surface area contributed by atoms with Crippen molar-refractivity contribution in [2.24, 2.45) is 34.5 Å². The Hall–Kier alpha value is -1.89. The van der Waals surface area contributed by atoms with E-state index in [2.05, 4.69) is 19.9 Å². The SMILES string of the molecule is CC[C@]12CC[C@H]3[C@@H](CCC4=CC(=O)C=C[C@@]43C)[C@@H]1CC[C@@H]2C(=O)OCC#N. The molecule has 0 bridgehead atoms. The van der Waals surface area contributed by atoms with E-state index in [1.807, 2.05) is 12.1 Å². The van der Waals surface area contributed by atoms with Crippen LogP contribution >= 0.6 is 0 Å². The third-order valence-corrected chi connectivity index (χ3v) is 8.49. The van der Waals surface area contributed by atoms with Gasteiger partial charge < -0.3 is 4.74 Å². The van der Waals surface area contributed by atoms with Gasteiger partial charge in [-0.2, -0.15) is 5.26 Å². The first-order valence-corrected chi connectivity index (χ1v) is 10.4. The first-order chi connectivity index (χ1) is 13.0. The highest BCUT2D eigenvalue weighted by Gasteiger charge is 2.61. The van der Waals surface area contributed by atoms with Crippen LogP contribution in [0.3, 0.4) is 0 Å². The van der Waals surface area contributed by atoms with Crippen LogP contribution < -0.4 is 0 Å². The Kier molecular flexibility index (Phi) is 4.53. The molecule has 4 nitrogen and oxygen atoms in total. The Morgan fingerprint density at radius 3 is 2.85 bits per heavy atom. The monoisotopic (exact) mass is 367 g/mol. The quantitative estimate of drug-likeness (QED) is 0.695. The fourth-order valence-corrected chi connectivity index (χ4v) is 7.25. The molecule has 0 radical (unpaired) electrons. The van der Waals surface area contributed by atoms with Crippen molar-refractivity contribution in [1.29, 1.82) is 5.26 Å². The van der Waals surface area contributed by atoms with Crippen LogP contribution in [0.5, 0.6) is 0 Å². The van der Waals surface area contributed by atoms with Crippen LogP contribution in [0.2, 0.25) is 0 Å². The number of hydrogen-bond acceptors (Lipinski definition) is 4. The number of ether oxygens (including phenoxy) is 1. The van der Waals surface area contributed by atoms with Crippen molar-refractivity contribution >= 4 is 11.8 Å². The molecule has 0 aromatic rings. The third-order valence-electron chi connectivity index (χ3n) is 8.49. The number of esters is 1. The Bertz CT molecular complexity index is 760. The molecule has 3 fully saturated rings. The van der Waals surface area contributed by atoms with E-state index >= 15 is 0 Å². The maximum absolute atomic E-state index is 12.7. The lowest BCUT2D eigenvalue weighted by Crippen LogP contribution is -2.51. The fraction of sp³-hybridized carbons (Fsp3) is 0.696. The molecule has 0 saturated heterocycles. The van der Waals surface area contributed by atoms with Crippen LogP contribution in [-0.2, 0) is 14.3 Å². The molecule has 4 aliphatic rings. The van der Waals surface area contributed by atoms with Gasteiger partial charge in [0.2, 0.25) is 0 Å². The molecular formula is C23H29NO3. The average molecular weight is 367 g/mol. The van der Waals surface area contributed by atoms with Gasteiger partial charge in [-0.25, -0.2) is 0 Å². The minimum Gasteiger partial charge on any atom is -0.450 e. The molecule has 0 aromatic carbocycles. The topological polar surface area (TPSA) is 67.2 Å². The van der Waals surface area contributed by atoms with Crippen molar-refractivity contribution in [1.82, 2.24) is 0 Å². The molecular weight excluding hydrogens is 338 g/mol. The molecule has 3 saturated carbocycles. The normalized spacial score (nSPS) is 42.4. The van der Waals surface area contributed by atoms with E-state index in [9.17, 15) is 9.59 Å². The molecule has 0 unspecified atom stereocenters. The molecule has 0 aliphatic heterocycles. The first kappa shape index (κ1) is 18.5. The van der Waals surface area contributed by atoms with Gasteiger partial charge in [-0.1, -0.05) is 25.5 Å². The summed E-state index contributed by atoms with van der Waals surface area (Å²) in [5, 5.41) is 8.76. The van der Waals surface area contributed by atoms with Crippen molar-refractivity contribution in [3.63, 3.8) is 0 Å². The molecule has 0 amide bonds. The second-order valence-corrected chi connectivity index (χ2v) is 9.12. The number of ketones is 1. The zero-order valence-electron chi connectivity index (χ0n) is 16.4. The van der Waals surface area contributed by atoms with Gasteiger partial charge in [-0.15, -0.1) is 0 Å². The van der Waals surface area contributed by atoms with E-state index in [0.29, 0.717) is 17.8 Å². The van der Waals surface area contributed by atoms with Crippen LogP contribution in [0.1, 0.15) is 58.8 Å². The molecule has 4 rings (SSSR count). The number of carbonyl (C=O) groups excluding carboxylic acids is 2. The maximum atomic E-state index is 12.7. The van der Waals surface area contributed by atoms with Gasteiger partial charge in [0.15, 0.2) is 12.4 Å². The lowest BCUT2D eigenvalue weighted by atomic mass is 9.47. The number of nitriles is 1. The molecule has 4 heteroatoms. The number of nitrogens with zero attached hydrogens (tertiary/aromatic N) is 1. The van der Waals surface area contributed by atoms with Gasteiger partial charge >= 0.3 is 5.97 Å². The van der Waals surface area contributed by atoms with Gasteiger partial charge in [-0.05, 0) is 80.3 Å². The second-order valence-electron chi connectivity index (χ2n) is 9.12. The molecule has 4 aliphatic carbocycles. The van der Waals surface area contributed by atoms with Crippen molar-refractivity contribution in [3.8, 4) is 6.07 Å². The Balaban J connectivity index is 1.63. The Labute approximate surface area is 161 Å². The minimum absolute atomic E-state index is 0.00384. The zero-order chi connectivity index (χ0) is 19.2.